The van der Waals surface area contributed by atoms with Gasteiger partial charge in [-0.05, 0) is 44.0 Å². The van der Waals surface area contributed by atoms with Crippen molar-refractivity contribution in [3.05, 3.63) is 76.4 Å². The first-order chi connectivity index (χ1) is 12.5. The Morgan fingerprint density at radius 1 is 1.15 bits per heavy atom. The predicted molar refractivity (Wildman–Crippen MR) is 100 cm³/mol. The van der Waals surface area contributed by atoms with Gasteiger partial charge >= 0.3 is 5.97 Å². The lowest BCUT2D eigenvalue weighted by Gasteiger charge is -2.11. The van der Waals surface area contributed by atoms with Crippen molar-refractivity contribution in [2.75, 3.05) is 0 Å². The highest BCUT2D eigenvalue weighted by Crippen LogP contribution is 2.26. The van der Waals surface area contributed by atoms with E-state index < -0.39 is 0 Å². The molecule has 3 rings (SSSR count). The van der Waals surface area contributed by atoms with E-state index in [0.29, 0.717) is 23.0 Å². The number of benzene rings is 2. The van der Waals surface area contributed by atoms with Crippen molar-refractivity contribution in [3.8, 4) is 0 Å². The Hall–Kier alpha value is -2.60. The third-order valence-electron chi connectivity index (χ3n) is 3.89. The molecule has 2 aromatic carbocycles. The molecule has 0 bridgehead atoms. The van der Waals surface area contributed by atoms with E-state index in [0.717, 1.165) is 21.6 Å². The lowest BCUT2D eigenvalue weighted by atomic mass is 10.1. The van der Waals surface area contributed by atoms with Gasteiger partial charge < -0.3 is 9.26 Å². The molecule has 1 heterocycles. The summed E-state index contributed by atoms with van der Waals surface area (Å²) in [4.78, 5) is 17.6. The number of aromatic nitrogens is 2. The summed E-state index contributed by atoms with van der Waals surface area (Å²) in [6, 6.07) is 13.5. The average molecular weight is 368 g/mol. The molecule has 0 amide bonds. The standard InChI is InChI=1S/C20H20N2O3S/c1-13-8-9-14(2)16(10-13)11-24-20(23)17-6-4-5-7-18(17)26-12-19-21-15(3)22-25-19/h4-10H,11-12H2,1-3H3. The molecule has 0 saturated carbocycles. The highest BCUT2D eigenvalue weighted by molar-refractivity contribution is 7.98. The molecule has 0 aliphatic carbocycles. The summed E-state index contributed by atoms with van der Waals surface area (Å²) in [5, 5.41) is 3.77. The van der Waals surface area contributed by atoms with Crippen LogP contribution in [-0.4, -0.2) is 16.1 Å². The average Bonchev–Trinajstić information content (AvgIpc) is 3.06. The monoisotopic (exact) mass is 368 g/mol. The maximum Gasteiger partial charge on any atom is 0.339 e. The maximum absolute atomic E-state index is 12.6. The number of nitrogens with zero attached hydrogens (tertiary/aromatic N) is 2. The first-order valence-electron chi connectivity index (χ1n) is 8.27. The van der Waals surface area contributed by atoms with Crippen LogP contribution in [0.5, 0.6) is 0 Å². The molecule has 134 valence electrons. The van der Waals surface area contributed by atoms with Crippen LogP contribution in [-0.2, 0) is 17.1 Å². The van der Waals surface area contributed by atoms with Gasteiger partial charge in [0.15, 0.2) is 5.82 Å². The van der Waals surface area contributed by atoms with Gasteiger partial charge in [0.05, 0.1) is 11.3 Å². The van der Waals surface area contributed by atoms with Crippen molar-refractivity contribution in [2.24, 2.45) is 0 Å². The molecule has 0 aliphatic rings. The van der Waals surface area contributed by atoms with Gasteiger partial charge in [-0.2, -0.15) is 4.98 Å². The zero-order chi connectivity index (χ0) is 18.5. The Bertz CT molecular complexity index is 921. The Kier molecular flexibility index (Phi) is 5.73. The van der Waals surface area contributed by atoms with Crippen molar-refractivity contribution >= 4 is 17.7 Å². The maximum atomic E-state index is 12.6. The fourth-order valence-electron chi connectivity index (χ4n) is 2.48. The van der Waals surface area contributed by atoms with Crippen LogP contribution in [0.25, 0.3) is 0 Å². The number of hydrogen-bond donors (Lipinski definition) is 0. The van der Waals surface area contributed by atoms with Crippen LogP contribution in [0.2, 0.25) is 0 Å². The van der Waals surface area contributed by atoms with Crippen LogP contribution in [0.4, 0.5) is 0 Å². The summed E-state index contributed by atoms with van der Waals surface area (Å²) >= 11 is 1.47. The summed E-state index contributed by atoms with van der Waals surface area (Å²) in [7, 11) is 0. The Morgan fingerprint density at radius 3 is 2.73 bits per heavy atom. The lowest BCUT2D eigenvalue weighted by Crippen LogP contribution is -2.07. The summed E-state index contributed by atoms with van der Waals surface area (Å²) in [6.07, 6.45) is 0. The van der Waals surface area contributed by atoms with E-state index in [1.54, 1.807) is 13.0 Å². The first-order valence-corrected chi connectivity index (χ1v) is 9.26. The number of ether oxygens (including phenoxy) is 1. The van der Waals surface area contributed by atoms with Crippen molar-refractivity contribution in [3.63, 3.8) is 0 Å². The first kappa shape index (κ1) is 18.2. The van der Waals surface area contributed by atoms with Crippen LogP contribution >= 0.6 is 11.8 Å². The van der Waals surface area contributed by atoms with Gasteiger partial charge in [0.1, 0.15) is 6.61 Å². The molecule has 6 heteroatoms. The fraction of sp³-hybridized carbons (Fsp3) is 0.250. The second kappa shape index (κ2) is 8.19. The molecule has 5 nitrogen and oxygen atoms in total. The van der Waals surface area contributed by atoms with Crippen molar-refractivity contribution in [1.29, 1.82) is 0 Å². The van der Waals surface area contributed by atoms with Gasteiger partial charge in [-0.3, -0.25) is 0 Å². The Balaban J connectivity index is 1.68. The largest absolute Gasteiger partial charge is 0.457 e. The number of carbonyl (C=O) groups is 1. The number of esters is 1. The number of thioether (sulfide) groups is 1. The minimum Gasteiger partial charge on any atom is -0.457 e. The molecular formula is C20H20N2O3S. The summed E-state index contributed by atoms with van der Waals surface area (Å²) in [5.74, 6) is 1.30. The molecule has 0 saturated heterocycles. The van der Waals surface area contributed by atoms with E-state index in [1.807, 2.05) is 50.2 Å². The van der Waals surface area contributed by atoms with Crippen molar-refractivity contribution < 1.29 is 14.1 Å². The lowest BCUT2D eigenvalue weighted by molar-refractivity contribution is 0.0468. The normalized spacial score (nSPS) is 10.7. The van der Waals surface area contributed by atoms with Gasteiger partial charge in [-0.1, -0.05) is 41.1 Å². The highest BCUT2D eigenvalue weighted by Gasteiger charge is 2.15. The van der Waals surface area contributed by atoms with E-state index in [1.165, 1.54) is 11.8 Å². The van der Waals surface area contributed by atoms with Gasteiger partial charge in [0.2, 0.25) is 5.89 Å². The predicted octanol–water partition coefficient (Wildman–Crippen LogP) is 4.64. The van der Waals surface area contributed by atoms with Gasteiger partial charge in [0, 0.05) is 4.90 Å². The third-order valence-corrected chi connectivity index (χ3v) is 4.95. The van der Waals surface area contributed by atoms with E-state index in [-0.39, 0.29) is 12.6 Å². The SMILES string of the molecule is Cc1ccc(C)c(COC(=O)c2ccccc2SCc2nc(C)no2)c1. The van der Waals surface area contributed by atoms with E-state index in [4.69, 9.17) is 9.26 Å². The van der Waals surface area contributed by atoms with Crippen LogP contribution < -0.4 is 0 Å². The fourth-order valence-corrected chi connectivity index (χ4v) is 3.35. The van der Waals surface area contributed by atoms with Crippen LogP contribution in [0.15, 0.2) is 51.9 Å². The molecule has 1 aromatic heterocycles. The zero-order valence-corrected chi connectivity index (χ0v) is 15.8. The zero-order valence-electron chi connectivity index (χ0n) is 15.0. The van der Waals surface area contributed by atoms with E-state index in [2.05, 4.69) is 10.1 Å². The number of hydrogen-bond acceptors (Lipinski definition) is 6. The molecule has 0 N–H and O–H groups in total. The summed E-state index contributed by atoms with van der Waals surface area (Å²) in [5.41, 5.74) is 3.81. The molecule has 0 fully saturated rings. The molecular weight excluding hydrogens is 348 g/mol. The summed E-state index contributed by atoms with van der Waals surface area (Å²) in [6.45, 7) is 6.07. The molecule has 0 radical (unpaired) electrons. The van der Waals surface area contributed by atoms with E-state index >= 15 is 0 Å². The summed E-state index contributed by atoms with van der Waals surface area (Å²) < 4.78 is 10.7. The quantitative estimate of drug-likeness (QED) is 0.466. The number of aryl methyl sites for hydroxylation is 3. The molecule has 26 heavy (non-hydrogen) atoms. The molecule has 3 aromatic rings. The number of rotatable bonds is 6. The molecule has 0 unspecified atom stereocenters. The molecule has 0 spiro atoms. The Morgan fingerprint density at radius 2 is 1.96 bits per heavy atom. The topological polar surface area (TPSA) is 65.2 Å². The third kappa shape index (κ3) is 4.52. The van der Waals surface area contributed by atoms with Crippen LogP contribution in [0.3, 0.4) is 0 Å². The van der Waals surface area contributed by atoms with Crippen LogP contribution in [0, 0.1) is 20.8 Å². The minimum absolute atomic E-state index is 0.258. The second-order valence-corrected chi connectivity index (χ2v) is 7.04. The molecule has 0 atom stereocenters. The second-order valence-electron chi connectivity index (χ2n) is 6.03. The van der Waals surface area contributed by atoms with Crippen LogP contribution in [0.1, 0.15) is 38.8 Å². The van der Waals surface area contributed by atoms with Gasteiger partial charge in [-0.25, -0.2) is 4.79 Å². The van der Waals surface area contributed by atoms with Gasteiger partial charge in [-0.15, -0.1) is 11.8 Å². The highest BCUT2D eigenvalue weighted by atomic mass is 32.2. The number of carbonyl (C=O) groups excluding carboxylic acids is 1. The smallest absolute Gasteiger partial charge is 0.339 e. The van der Waals surface area contributed by atoms with Crippen molar-refractivity contribution in [1.82, 2.24) is 10.1 Å². The molecule has 0 aliphatic heterocycles. The van der Waals surface area contributed by atoms with E-state index in [9.17, 15) is 4.79 Å². The minimum atomic E-state index is -0.337. The van der Waals surface area contributed by atoms with Crippen molar-refractivity contribution in [2.45, 2.75) is 38.0 Å². The van der Waals surface area contributed by atoms with Gasteiger partial charge in [0.25, 0.3) is 0 Å². The Labute approximate surface area is 156 Å².